The summed E-state index contributed by atoms with van der Waals surface area (Å²) in [5.74, 6) is -1.86. The van der Waals surface area contributed by atoms with Crippen LogP contribution in [0.2, 0.25) is 0 Å². The molecule has 0 radical (unpaired) electrons. The summed E-state index contributed by atoms with van der Waals surface area (Å²) >= 11 is 3.22. The summed E-state index contributed by atoms with van der Waals surface area (Å²) in [6, 6.07) is 0. The fourth-order valence-corrected chi connectivity index (χ4v) is 3.06. The first-order valence-electron chi connectivity index (χ1n) is 5.44. The molecule has 0 spiro atoms. The summed E-state index contributed by atoms with van der Waals surface area (Å²) in [5.41, 5.74) is -1.76. The van der Waals surface area contributed by atoms with E-state index in [-0.39, 0.29) is 0 Å². The van der Waals surface area contributed by atoms with Crippen molar-refractivity contribution in [3.8, 4) is 0 Å². The van der Waals surface area contributed by atoms with E-state index in [0.29, 0.717) is 4.48 Å². The third-order valence-electron chi connectivity index (χ3n) is 3.05. The lowest BCUT2D eigenvalue weighted by Crippen LogP contribution is -2.63. The molecule has 0 unspecified atom stereocenters. The molecule has 4 atom stereocenters. The van der Waals surface area contributed by atoms with E-state index in [2.05, 4.69) is 15.9 Å². The van der Waals surface area contributed by atoms with Crippen molar-refractivity contribution in [2.24, 2.45) is 0 Å². The Kier molecular flexibility index (Phi) is 3.31. The summed E-state index contributed by atoms with van der Waals surface area (Å²) in [4.78, 5) is 12.0. The Morgan fingerprint density at radius 3 is 2.67 bits per heavy atom. The van der Waals surface area contributed by atoms with Gasteiger partial charge in [0.1, 0.15) is 18.3 Å². The van der Waals surface area contributed by atoms with E-state index in [1.165, 1.54) is 13.2 Å². The maximum Gasteiger partial charge on any atom is 0.344 e. The zero-order valence-corrected chi connectivity index (χ0v) is 11.8. The molecular weight excluding hydrogens is 308 g/mol. The van der Waals surface area contributed by atoms with Gasteiger partial charge in [-0.05, 0) is 19.9 Å². The Morgan fingerprint density at radius 2 is 2.11 bits per heavy atom. The number of carbonyl (C=O) groups is 1. The van der Waals surface area contributed by atoms with E-state index < -0.39 is 35.7 Å². The van der Waals surface area contributed by atoms with Crippen LogP contribution in [0.3, 0.4) is 0 Å². The van der Waals surface area contributed by atoms with Crippen molar-refractivity contribution in [1.82, 2.24) is 0 Å². The van der Waals surface area contributed by atoms with Gasteiger partial charge in [-0.3, -0.25) is 0 Å². The minimum atomic E-state index is -1.76. The minimum absolute atomic E-state index is 0.441. The quantitative estimate of drug-likeness (QED) is 0.664. The van der Waals surface area contributed by atoms with E-state index in [0.717, 1.165) is 0 Å². The average Bonchev–Trinajstić information content (AvgIpc) is 2.59. The van der Waals surface area contributed by atoms with Crippen LogP contribution >= 0.6 is 15.9 Å². The van der Waals surface area contributed by atoms with Crippen molar-refractivity contribution in [2.45, 2.75) is 43.5 Å². The molecule has 1 saturated heterocycles. The van der Waals surface area contributed by atoms with Crippen molar-refractivity contribution in [2.75, 3.05) is 7.11 Å². The maximum absolute atomic E-state index is 12.0. The largest absolute Gasteiger partial charge is 0.467 e. The molecular formula is C11H15BrO6. The number of fused-ring (bicyclic) bond motifs is 1. The van der Waals surface area contributed by atoms with Gasteiger partial charge in [-0.1, -0.05) is 15.9 Å². The zero-order chi connectivity index (χ0) is 13.7. The van der Waals surface area contributed by atoms with Crippen molar-refractivity contribution >= 4 is 21.9 Å². The summed E-state index contributed by atoms with van der Waals surface area (Å²) in [6.07, 6.45) is -2.18. The van der Waals surface area contributed by atoms with Gasteiger partial charge in [-0.2, -0.15) is 0 Å². The Balaban J connectivity index is 2.54. The van der Waals surface area contributed by atoms with Crippen molar-refractivity contribution in [3.05, 3.63) is 10.6 Å². The second-order valence-corrected chi connectivity index (χ2v) is 5.69. The van der Waals surface area contributed by atoms with Gasteiger partial charge in [0, 0.05) is 4.48 Å². The fourth-order valence-electron chi connectivity index (χ4n) is 2.36. The smallest absolute Gasteiger partial charge is 0.344 e. The van der Waals surface area contributed by atoms with E-state index in [1.807, 2.05) is 0 Å². The summed E-state index contributed by atoms with van der Waals surface area (Å²) in [5, 5.41) is 19.9. The zero-order valence-electron chi connectivity index (χ0n) is 10.2. The lowest BCUT2D eigenvalue weighted by molar-refractivity contribution is -0.212. The summed E-state index contributed by atoms with van der Waals surface area (Å²) in [6.45, 7) is 3.24. The monoisotopic (exact) mass is 322 g/mol. The first kappa shape index (κ1) is 14.0. The first-order valence-corrected chi connectivity index (χ1v) is 6.23. The molecule has 1 heterocycles. The molecule has 102 valence electrons. The predicted molar refractivity (Wildman–Crippen MR) is 63.8 cm³/mol. The van der Waals surface area contributed by atoms with Gasteiger partial charge in [-0.15, -0.1) is 0 Å². The molecule has 0 aromatic rings. The SMILES string of the molecule is COC(=O)[C@@]12OC(C)(C)O[C@@H]1C(Br)=C[C@@H](O)[C@H]2O. The van der Waals surface area contributed by atoms with Gasteiger partial charge < -0.3 is 24.4 Å². The molecule has 0 bridgehead atoms. The summed E-state index contributed by atoms with van der Waals surface area (Å²) in [7, 11) is 1.19. The van der Waals surface area contributed by atoms with Crippen LogP contribution in [0.5, 0.6) is 0 Å². The predicted octanol–water partition coefficient (Wildman–Crippen LogP) is 0.0639. The number of esters is 1. The number of aliphatic hydroxyl groups is 2. The van der Waals surface area contributed by atoms with E-state index in [9.17, 15) is 15.0 Å². The fraction of sp³-hybridized carbons (Fsp3) is 0.727. The van der Waals surface area contributed by atoms with E-state index in [4.69, 9.17) is 14.2 Å². The van der Waals surface area contributed by atoms with E-state index >= 15 is 0 Å². The minimum Gasteiger partial charge on any atom is -0.467 e. The molecule has 2 rings (SSSR count). The average molecular weight is 323 g/mol. The topological polar surface area (TPSA) is 85.2 Å². The van der Waals surface area contributed by atoms with Crippen LogP contribution < -0.4 is 0 Å². The number of carbonyl (C=O) groups excluding carboxylic acids is 1. The number of ether oxygens (including phenoxy) is 3. The maximum atomic E-state index is 12.0. The third-order valence-corrected chi connectivity index (χ3v) is 3.73. The van der Waals surface area contributed by atoms with Crippen molar-refractivity contribution in [1.29, 1.82) is 0 Å². The number of aliphatic hydroxyl groups excluding tert-OH is 2. The molecule has 1 aliphatic carbocycles. The molecule has 0 aromatic carbocycles. The van der Waals surface area contributed by atoms with Gasteiger partial charge >= 0.3 is 5.97 Å². The Bertz CT molecular complexity index is 406. The second kappa shape index (κ2) is 4.28. The highest BCUT2D eigenvalue weighted by Crippen LogP contribution is 2.47. The lowest BCUT2D eigenvalue weighted by Gasteiger charge is -2.38. The normalized spacial score (nSPS) is 42.1. The van der Waals surface area contributed by atoms with Gasteiger partial charge in [0.05, 0.1) is 7.11 Å². The molecule has 2 N–H and O–H groups in total. The Morgan fingerprint density at radius 1 is 1.50 bits per heavy atom. The molecule has 2 aliphatic rings. The molecule has 6 nitrogen and oxygen atoms in total. The van der Waals surface area contributed by atoms with Crippen LogP contribution in [0.15, 0.2) is 10.6 Å². The molecule has 0 saturated carbocycles. The van der Waals surface area contributed by atoms with E-state index in [1.54, 1.807) is 13.8 Å². The third kappa shape index (κ3) is 1.81. The number of hydrogen-bond donors (Lipinski definition) is 2. The van der Waals surface area contributed by atoms with Crippen molar-refractivity contribution < 1.29 is 29.2 Å². The van der Waals surface area contributed by atoms with Gasteiger partial charge in [0.25, 0.3) is 0 Å². The Hall–Kier alpha value is -0.470. The van der Waals surface area contributed by atoms with Crippen LogP contribution in [0.1, 0.15) is 13.8 Å². The number of methoxy groups -OCH3 is 1. The van der Waals surface area contributed by atoms with Crippen LogP contribution in [0.4, 0.5) is 0 Å². The standard InChI is InChI=1S/C11H15BrO6/c1-10(2)17-8-5(12)4-6(13)7(14)11(8,18-10)9(15)16-3/h4,6-8,13-14H,1-3H3/t6-,7-,8-,11+/m1/s1. The molecule has 1 fully saturated rings. The number of hydrogen-bond acceptors (Lipinski definition) is 6. The molecule has 1 aliphatic heterocycles. The highest BCUT2D eigenvalue weighted by molar-refractivity contribution is 9.11. The number of halogens is 1. The highest BCUT2D eigenvalue weighted by Gasteiger charge is 2.67. The van der Waals surface area contributed by atoms with Gasteiger partial charge in [0.15, 0.2) is 5.79 Å². The lowest BCUT2D eigenvalue weighted by atomic mass is 9.82. The van der Waals surface area contributed by atoms with Crippen LogP contribution in [0, 0.1) is 0 Å². The molecule has 0 amide bonds. The van der Waals surface area contributed by atoms with Gasteiger partial charge in [-0.25, -0.2) is 4.79 Å². The Labute approximate surface area is 113 Å². The second-order valence-electron chi connectivity index (χ2n) is 4.77. The first-order chi connectivity index (χ1) is 8.24. The summed E-state index contributed by atoms with van der Waals surface area (Å²) < 4.78 is 16.3. The van der Waals surface area contributed by atoms with Gasteiger partial charge in [0.2, 0.25) is 5.60 Å². The highest BCUT2D eigenvalue weighted by atomic mass is 79.9. The van der Waals surface area contributed by atoms with Crippen LogP contribution in [-0.2, 0) is 19.0 Å². The molecule has 0 aromatic heterocycles. The van der Waals surface area contributed by atoms with Crippen LogP contribution in [-0.4, -0.2) is 53.0 Å². The molecule has 7 heteroatoms. The molecule has 18 heavy (non-hydrogen) atoms. The van der Waals surface area contributed by atoms with Crippen molar-refractivity contribution in [3.63, 3.8) is 0 Å². The number of rotatable bonds is 1. The van der Waals surface area contributed by atoms with Crippen LogP contribution in [0.25, 0.3) is 0 Å².